The molecule has 0 spiro atoms. The number of hydrogen-bond acceptors (Lipinski definition) is 4. The molecular weight excluding hydrogens is 315 g/mol. The van der Waals surface area contributed by atoms with Gasteiger partial charge in [0.05, 0.1) is 23.7 Å². The maximum atomic E-state index is 12.8. The second-order valence-corrected chi connectivity index (χ2v) is 7.34. The molecule has 1 N–H and O–H groups in total. The number of carboxylic acid groups (broad SMARTS) is 1. The van der Waals surface area contributed by atoms with E-state index < -0.39 is 59.0 Å². The summed E-state index contributed by atoms with van der Waals surface area (Å²) in [6, 6.07) is 0. The third kappa shape index (κ3) is 3.67. The third-order valence-corrected chi connectivity index (χ3v) is 5.72. The van der Waals surface area contributed by atoms with Crippen molar-refractivity contribution >= 4 is 16.0 Å². The number of hydrogen-bond donors (Lipinski definition) is 1. The van der Waals surface area contributed by atoms with Crippen molar-refractivity contribution in [3.05, 3.63) is 0 Å². The predicted molar refractivity (Wildman–Crippen MR) is 65.0 cm³/mol. The Morgan fingerprint density at radius 1 is 1.33 bits per heavy atom. The average Bonchev–Trinajstić information content (AvgIpc) is 2.94. The molecule has 0 bridgehead atoms. The molecule has 0 radical (unpaired) electrons. The van der Waals surface area contributed by atoms with Crippen molar-refractivity contribution in [1.82, 2.24) is 4.31 Å². The number of sulfonamides is 1. The number of halogens is 3. The fraction of sp³-hybridized carbons (Fsp3) is 0.909. The minimum atomic E-state index is -4.74. The van der Waals surface area contributed by atoms with Crippen molar-refractivity contribution < 1.29 is 36.2 Å². The first kappa shape index (κ1) is 16.5. The normalized spacial score (nSPS) is 31.7. The first-order chi connectivity index (χ1) is 9.61. The molecule has 2 aliphatic heterocycles. The van der Waals surface area contributed by atoms with Crippen molar-refractivity contribution in [3.8, 4) is 0 Å². The molecule has 0 saturated carbocycles. The molecule has 0 aromatic heterocycles. The Morgan fingerprint density at radius 3 is 2.43 bits per heavy atom. The van der Waals surface area contributed by atoms with Gasteiger partial charge in [-0.15, -0.1) is 0 Å². The zero-order chi connectivity index (χ0) is 15.8. The summed E-state index contributed by atoms with van der Waals surface area (Å²) in [6.07, 6.45) is -4.01. The maximum Gasteiger partial charge on any atom is 0.393 e. The molecule has 21 heavy (non-hydrogen) atoms. The number of carboxylic acids is 1. The molecule has 10 heteroatoms. The molecule has 2 saturated heterocycles. The van der Waals surface area contributed by atoms with Crippen LogP contribution in [-0.4, -0.2) is 61.5 Å². The van der Waals surface area contributed by atoms with Crippen LogP contribution in [0.25, 0.3) is 0 Å². The number of nitrogens with zero attached hydrogens (tertiary/aromatic N) is 1. The number of carbonyl (C=O) groups is 1. The topological polar surface area (TPSA) is 83.9 Å². The zero-order valence-electron chi connectivity index (χ0n) is 11.0. The summed E-state index contributed by atoms with van der Waals surface area (Å²) in [6.45, 7) is -1.05. The summed E-state index contributed by atoms with van der Waals surface area (Å²) in [4.78, 5) is 10.9. The van der Waals surface area contributed by atoms with Crippen molar-refractivity contribution in [3.63, 3.8) is 0 Å². The van der Waals surface area contributed by atoms with E-state index in [1.54, 1.807) is 0 Å². The van der Waals surface area contributed by atoms with Crippen LogP contribution in [0, 0.1) is 11.8 Å². The van der Waals surface area contributed by atoms with Crippen molar-refractivity contribution in [2.45, 2.75) is 25.1 Å². The highest BCUT2D eigenvalue weighted by Gasteiger charge is 2.54. The van der Waals surface area contributed by atoms with E-state index >= 15 is 0 Å². The lowest BCUT2D eigenvalue weighted by Gasteiger charge is -2.19. The van der Waals surface area contributed by atoms with Gasteiger partial charge in [-0.25, -0.2) is 12.7 Å². The van der Waals surface area contributed by atoms with E-state index in [1.807, 2.05) is 0 Å². The summed E-state index contributed by atoms with van der Waals surface area (Å²) < 4.78 is 68.5. The molecule has 3 atom stereocenters. The van der Waals surface area contributed by atoms with Crippen LogP contribution in [0.1, 0.15) is 12.8 Å². The molecule has 0 amide bonds. The Balaban J connectivity index is 2.12. The molecule has 2 aliphatic rings. The van der Waals surface area contributed by atoms with Gasteiger partial charge in [0.2, 0.25) is 10.0 Å². The minimum Gasteiger partial charge on any atom is -0.481 e. The Bertz CT molecular complexity index is 500. The lowest BCUT2D eigenvalue weighted by atomic mass is 9.96. The third-order valence-electron chi connectivity index (χ3n) is 3.84. The van der Waals surface area contributed by atoms with E-state index in [0.29, 0.717) is 23.8 Å². The van der Waals surface area contributed by atoms with E-state index in [0.717, 1.165) is 0 Å². The highest BCUT2D eigenvalue weighted by molar-refractivity contribution is 7.89. The van der Waals surface area contributed by atoms with Crippen LogP contribution >= 0.6 is 0 Å². The van der Waals surface area contributed by atoms with Gasteiger partial charge in [-0.1, -0.05) is 0 Å². The van der Waals surface area contributed by atoms with Crippen LogP contribution in [0.3, 0.4) is 0 Å². The minimum absolute atomic E-state index is 0.399. The predicted octanol–water partition coefficient (Wildman–Crippen LogP) is 0.690. The molecule has 2 heterocycles. The van der Waals surface area contributed by atoms with Crippen molar-refractivity contribution in [2.24, 2.45) is 11.8 Å². The van der Waals surface area contributed by atoms with Crippen LogP contribution in [-0.2, 0) is 19.6 Å². The van der Waals surface area contributed by atoms with Crippen LogP contribution in [0.2, 0.25) is 0 Å². The monoisotopic (exact) mass is 331 g/mol. The molecule has 0 aromatic rings. The largest absolute Gasteiger partial charge is 0.481 e. The second-order valence-electron chi connectivity index (χ2n) is 5.32. The van der Waals surface area contributed by atoms with Crippen LogP contribution in [0.4, 0.5) is 13.2 Å². The van der Waals surface area contributed by atoms with Crippen LogP contribution < -0.4 is 0 Å². The average molecular weight is 331 g/mol. The summed E-state index contributed by atoms with van der Waals surface area (Å²) in [5.41, 5.74) is 0. The Kier molecular flexibility index (Phi) is 4.50. The summed E-state index contributed by atoms with van der Waals surface area (Å²) in [5.74, 6) is -5.96. The van der Waals surface area contributed by atoms with Crippen LogP contribution in [0.15, 0.2) is 0 Å². The number of rotatable bonds is 4. The lowest BCUT2D eigenvalue weighted by Crippen LogP contribution is -2.36. The van der Waals surface area contributed by atoms with Gasteiger partial charge in [0, 0.05) is 19.7 Å². The van der Waals surface area contributed by atoms with Gasteiger partial charge in [-0.05, 0) is 12.8 Å². The van der Waals surface area contributed by atoms with E-state index in [2.05, 4.69) is 0 Å². The van der Waals surface area contributed by atoms with E-state index in [1.165, 1.54) is 0 Å². The summed E-state index contributed by atoms with van der Waals surface area (Å²) in [5, 5.41) is 8.87. The molecule has 2 rings (SSSR count). The van der Waals surface area contributed by atoms with Gasteiger partial charge in [-0.2, -0.15) is 13.2 Å². The highest BCUT2D eigenvalue weighted by Crippen LogP contribution is 2.39. The fourth-order valence-electron chi connectivity index (χ4n) is 2.69. The molecule has 6 nitrogen and oxygen atoms in total. The SMILES string of the molecule is O=C(O)[C@@H]1CN(S(=O)(=O)CC2CCCO2)C[C@H]1C(F)(F)F. The van der Waals surface area contributed by atoms with E-state index in [-0.39, 0.29) is 0 Å². The van der Waals surface area contributed by atoms with Gasteiger partial charge in [0.1, 0.15) is 0 Å². The Hall–Kier alpha value is -0.870. The fourth-order valence-corrected chi connectivity index (χ4v) is 4.41. The van der Waals surface area contributed by atoms with Gasteiger partial charge in [-0.3, -0.25) is 4.79 Å². The second kappa shape index (κ2) is 5.73. The molecule has 2 fully saturated rings. The summed E-state index contributed by atoms with van der Waals surface area (Å²) >= 11 is 0. The van der Waals surface area contributed by atoms with Gasteiger partial charge in [0.15, 0.2) is 0 Å². The van der Waals surface area contributed by atoms with Gasteiger partial charge >= 0.3 is 12.1 Å². The molecule has 0 aliphatic carbocycles. The number of alkyl halides is 3. The lowest BCUT2D eigenvalue weighted by molar-refractivity contribution is -0.187. The molecule has 1 unspecified atom stereocenters. The van der Waals surface area contributed by atoms with E-state index in [9.17, 15) is 26.4 Å². The quantitative estimate of drug-likeness (QED) is 0.819. The van der Waals surface area contributed by atoms with Crippen LogP contribution in [0.5, 0.6) is 0 Å². The zero-order valence-corrected chi connectivity index (χ0v) is 11.9. The Labute approximate surface area is 119 Å². The van der Waals surface area contributed by atoms with Crippen molar-refractivity contribution in [1.29, 1.82) is 0 Å². The summed E-state index contributed by atoms with van der Waals surface area (Å²) in [7, 11) is -3.96. The number of ether oxygens (including phenoxy) is 1. The molecule has 122 valence electrons. The number of aliphatic carboxylic acids is 1. The highest BCUT2D eigenvalue weighted by atomic mass is 32.2. The first-order valence-electron chi connectivity index (χ1n) is 6.50. The first-order valence-corrected chi connectivity index (χ1v) is 8.11. The van der Waals surface area contributed by atoms with Crippen molar-refractivity contribution in [2.75, 3.05) is 25.4 Å². The molecule has 0 aromatic carbocycles. The standard InChI is InChI=1S/C11H16F3NO5S/c12-11(13,14)9-5-15(4-8(9)10(16)17)21(18,19)6-7-2-1-3-20-7/h7-9H,1-6H2,(H,16,17)/t7?,8-,9-/m1/s1. The van der Waals surface area contributed by atoms with E-state index in [4.69, 9.17) is 9.84 Å². The maximum absolute atomic E-state index is 12.8. The van der Waals surface area contributed by atoms with Gasteiger partial charge in [0.25, 0.3) is 0 Å². The van der Waals surface area contributed by atoms with Gasteiger partial charge < -0.3 is 9.84 Å². The smallest absolute Gasteiger partial charge is 0.393 e. The Morgan fingerprint density at radius 2 is 2.00 bits per heavy atom. The molecular formula is C11H16F3NO5S.